The van der Waals surface area contributed by atoms with Crippen LogP contribution in [-0.2, 0) is 4.79 Å². The first-order valence-corrected chi connectivity index (χ1v) is 13.9. The van der Waals surface area contributed by atoms with Crippen molar-refractivity contribution in [3.8, 4) is 17.2 Å². The summed E-state index contributed by atoms with van der Waals surface area (Å²) >= 11 is 0. The number of fused-ring (bicyclic) bond motifs is 1. The van der Waals surface area contributed by atoms with Gasteiger partial charge in [0.05, 0.1) is 13.2 Å². The van der Waals surface area contributed by atoms with Gasteiger partial charge < -0.3 is 24.2 Å². The number of nitrogens with zero attached hydrogens (tertiary/aromatic N) is 1. The highest BCUT2D eigenvalue weighted by Crippen LogP contribution is 2.36. The van der Waals surface area contributed by atoms with Gasteiger partial charge in [0, 0.05) is 43.3 Å². The summed E-state index contributed by atoms with van der Waals surface area (Å²) < 4.78 is 16.5. The maximum absolute atomic E-state index is 13.0. The number of benzene rings is 2. The molecule has 2 aliphatic heterocycles. The van der Waals surface area contributed by atoms with Crippen LogP contribution < -0.4 is 14.2 Å². The van der Waals surface area contributed by atoms with Crippen LogP contribution in [0.5, 0.6) is 17.2 Å². The number of hydrogen-bond acceptors (Lipinski definition) is 7. The molecule has 0 aliphatic carbocycles. The van der Waals surface area contributed by atoms with E-state index in [0.717, 1.165) is 50.0 Å². The fourth-order valence-corrected chi connectivity index (χ4v) is 5.46. The van der Waals surface area contributed by atoms with Gasteiger partial charge in [0.2, 0.25) is 0 Å². The van der Waals surface area contributed by atoms with Crippen LogP contribution in [0.15, 0.2) is 42.5 Å². The van der Waals surface area contributed by atoms with E-state index in [4.69, 9.17) is 14.2 Å². The van der Waals surface area contributed by atoms with E-state index in [-0.39, 0.29) is 24.9 Å². The zero-order valence-corrected chi connectivity index (χ0v) is 22.7. The number of ketones is 2. The summed E-state index contributed by atoms with van der Waals surface area (Å²) in [6, 6.07) is 13.2. The van der Waals surface area contributed by atoms with E-state index in [1.807, 2.05) is 18.2 Å². The largest absolute Gasteiger partial charge is 0.497 e. The molecule has 2 heterocycles. The van der Waals surface area contributed by atoms with Gasteiger partial charge in [0.1, 0.15) is 24.7 Å². The first-order valence-electron chi connectivity index (χ1n) is 13.9. The van der Waals surface area contributed by atoms with E-state index in [1.54, 1.807) is 31.4 Å². The topological polar surface area (TPSA) is 85.3 Å². The molecule has 0 saturated carbocycles. The Morgan fingerprint density at radius 1 is 1.03 bits per heavy atom. The van der Waals surface area contributed by atoms with Gasteiger partial charge in [-0.1, -0.05) is 19.9 Å². The van der Waals surface area contributed by atoms with Crippen molar-refractivity contribution in [1.29, 1.82) is 0 Å². The van der Waals surface area contributed by atoms with E-state index in [2.05, 4.69) is 11.8 Å². The molecule has 0 unspecified atom stereocenters. The van der Waals surface area contributed by atoms with E-state index < -0.39 is 6.10 Å². The molecular weight excluding hydrogens is 494 g/mol. The van der Waals surface area contributed by atoms with Gasteiger partial charge in [0.15, 0.2) is 17.3 Å². The number of Topliss-reactive ketones (excluding diaryl/α,β-unsaturated/α-hetero) is 2. The van der Waals surface area contributed by atoms with Crippen molar-refractivity contribution in [3.63, 3.8) is 0 Å². The van der Waals surface area contributed by atoms with Crippen LogP contribution in [0.25, 0.3) is 0 Å². The average molecular weight is 540 g/mol. The molecule has 1 N–H and O–H groups in total. The smallest absolute Gasteiger partial charge is 0.162 e. The van der Waals surface area contributed by atoms with Crippen molar-refractivity contribution >= 4 is 11.6 Å². The van der Waals surface area contributed by atoms with Crippen LogP contribution in [0.4, 0.5) is 0 Å². The second-order valence-corrected chi connectivity index (χ2v) is 10.5. The van der Waals surface area contributed by atoms with Crippen molar-refractivity contribution in [2.24, 2.45) is 5.92 Å². The number of hydrogen-bond donors (Lipinski definition) is 1. The third-order valence-corrected chi connectivity index (χ3v) is 7.78. The Bertz CT molecular complexity index is 1070. The molecule has 0 amide bonds. The highest BCUT2D eigenvalue weighted by atomic mass is 16.6. The normalized spacial score (nSPS) is 18.2. The molecule has 0 spiro atoms. The van der Waals surface area contributed by atoms with E-state index in [1.165, 1.54) is 0 Å². The third-order valence-electron chi connectivity index (χ3n) is 7.78. The van der Waals surface area contributed by atoms with Gasteiger partial charge in [-0.25, -0.2) is 0 Å². The van der Waals surface area contributed by atoms with Crippen LogP contribution >= 0.6 is 0 Å². The number of ether oxygens (including phenoxy) is 3. The molecule has 214 valence electrons. The lowest BCUT2D eigenvalue weighted by Crippen LogP contribution is -2.35. The maximum Gasteiger partial charge on any atom is 0.162 e. The first kappa shape index (κ1) is 30.6. The van der Waals surface area contributed by atoms with Gasteiger partial charge in [-0.15, -0.1) is 0 Å². The van der Waals surface area contributed by atoms with Gasteiger partial charge in [-0.05, 0) is 81.1 Å². The maximum atomic E-state index is 13.0. The minimum absolute atomic E-state index is 0. The number of carbonyl (C=O) groups excluding carboxylic acids is 2. The standard InChI is InChI=1S/C31H41NO6.CH4/c1-22-7-6-16-32(22)21-25(31(35)24-12-15-29-30(20-24)38-18-17-37-29)19-26(33)8-4-3-5-9-28(34)23-10-13-27(36-2)14-11-23;/h10-15,20,22,25,31,35H,3-9,16-19,21H2,1-2H3;1H4/t22-,25+,31+;/m0./s1. The summed E-state index contributed by atoms with van der Waals surface area (Å²) in [6.07, 6.45) is 5.15. The minimum Gasteiger partial charge on any atom is -0.497 e. The Labute approximate surface area is 233 Å². The molecule has 0 radical (unpaired) electrons. The Hall–Kier alpha value is -2.90. The molecule has 3 atom stereocenters. The Kier molecular flexibility index (Phi) is 11.8. The summed E-state index contributed by atoms with van der Waals surface area (Å²) in [4.78, 5) is 27.8. The van der Waals surface area contributed by atoms with Crippen molar-refractivity contribution < 1.29 is 28.9 Å². The van der Waals surface area contributed by atoms with Crippen LogP contribution in [0, 0.1) is 5.92 Å². The first-order chi connectivity index (χ1) is 18.4. The number of rotatable bonds is 14. The number of aliphatic hydroxyl groups excluding tert-OH is 1. The summed E-state index contributed by atoms with van der Waals surface area (Å²) in [5, 5.41) is 11.4. The van der Waals surface area contributed by atoms with Crippen LogP contribution in [-0.4, -0.2) is 61.0 Å². The fourth-order valence-electron chi connectivity index (χ4n) is 5.46. The minimum atomic E-state index is -0.760. The van der Waals surface area contributed by atoms with Crippen molar-refractivity contribution in [1.82, 2.24) is 4.90 Å². The zero-order chi connectivity index (χ0) is 26.9. The van der Waals surface area contributed by atoms with Gasteiger partial charge in [0.25, 0.3) is 0 Å². The quantitative estimate of drug-likeness (QED) is 0.232. The Morgan fingerprint density at radius 3 is 2.44 bits per heavy atom. The second kappa shape index (κ2) is 15.0. The predicted octanol–water partition coefficient (Wildman–Crippen LogP) is 6.03. The zero-order valence-electron chi connectivity index (χ0n) is 22.7. The lowest BCUT2D eigenvalue weighted by atomic mass is 9.89. The molecular formula is C32H45NO6. The lowest BCUT2D eigenvalue weighted by Gasteiger charge is -2.30. The fraction of sp³-hybridized carbons (Fsp3) is 0.562. The molecule has 7 heteroatoms. The lowest BCUT2D eigenvalue weighted by molar-refractivity contribution is -0.121. The van der Waals surface area contributed by atoms with Crippen molar-refractivity contribution in [2.45, 2.75) is 77.9 Å². The number of unbranched alkanes of at least 4 members (excludes halogenated alkanes) is 2. The second-order valence-electron chi connectivity index (χ2n) is 10.5. The molecule has 0 aromatic heterocycles. The van der Waals surface area contributed by atoms with E-state index in [9.17, 15) is 14.7 Å². The highest BCUT2D eigenvalue weighted by Gasteiger charge is 2.30. The predicted molar refractivity (Wildman–Crippen MR) is 153 cm³/mol. The van der Waals surface area contributed by atoms with Crippen LogP contribution in [0.2, 0.25) is 0 Å². The van der Waals surface area contributed by atoms with Gasteiger partial charge in [-0.2, -0.15) is 0 Å². The molecule has 4 rings (SSSR count). The molecule has 1 saturated heterocycles. The summed E-state index contributed by atoms with van der Waals surface area (Å²) in [6.45, 7) is 4.93. The van der Waals surface area contributed by atoms with Crippen molar-refractivity contribution in [3.05, 3.63) is 53.6 Å². The molecule has 39 heavy (non-hydrogen) atoms. The highest BCUT2D eigenvalue weighted by molar-refractivity contribution is 5.96. The molecule has 2 aliphatic rings. The molecule has 7 nitrogen and oxygen atoms in total. The third kappa shape index (κ3) is 8.54. The molecule has 1 fully saturated rings. The van der Waals surface area contributed by atoms with Gasteiger partial charge in [-0.3, -0.25) is 9.59 Å². The number of likely N-dealkylation sites (tertiary alicyclic amines) is 1. The monoisotopic (exact) mass is 539 g/mol. The summed E-state index contributed by atoms with van der Waals surface area (Å²) in [5.41, 5.74) is 1.45. The average Bonchev–Trinajstić information content (AvgIpc) is 3.35. The Morgan fingerprint density at radius 2 is 1.74 bits per heavy atom. The Balaban J connectivity index is 0.00000420. The van der Waals surface area contributed by atoms with E-state index in [0.29, 0.717) is 62.1 Å². The number of methoxy groups -OCH3 is 1. The number of carbonyl (C=O) groups is 2. The van der Waals surface area contributed by atoms with Crippen molar-refractivity contribution in [2.75, 3.05) is 33.4 Å². The molecule has 2 aromatic carbocycles. The summed E-state index contributed by atoms with van der Waals surface area (Å²) in [5.74, 6) is 2.16. The van der Waals surface area contributed by atoms with Gasteiger partial charge >= 0.3 is 0 Å². The number of aliphatic hydroxyl groups is 1. The molecule has 0 bridgehead atoms. The van der Waals surface area contributed by atoms with Crippen LogP contribution in [0.3, 0.4) is 0 Å². The van der Waals surface area contributed by atoms with E-state index >= 15 is 0 Å². The SMILES string of the molecule is C.COc1ccc(C(=O)CCCCCC(=O)C[C@H](CN2CCC[C@@H]2C)[C@H](O)c2ccc3c(c2)OCCO3)cc1. The summed E-state index contributed by atoms with van der Waals surface area (Å²) in [7, 11) is 1.60. The van der Waals surface area contributed by atoms with Crippen LogP contribution in [0.1, 0.15) is 87.7 Å². The molecule has 2 aromatic rings.